The molecule has 6 nitrogen and oxygen atoms in total. The third-order valence-electron chi connectivity index (χ3n) is 4.35. The second-order valence-electron chi connectivity index (χ2n) is 5.92. The van der Waals surface area contributed by atoms with E-state index in [1.54, 1.807) is 12.1 Å². The van der Waals surface area contributed by atoms with Crippen LogP contribution in [0, 0.1) is 0 Å². The van der Waals surface area contributed by atoms with Crippen molar-refractivity contribution in [2.45, 2.75) is 24.2 Å². The lowest BCUT2D eigenvalue weighted by Crippen LogP contribution is -2.34. The highest BCUT2D eigenvalue weighted by atomic mass is 32.2. The zero-order valence-corrected chi connectivity index (χ0v) is 15.1. The molecule has 0 unspecified atom stereocenters. The largest absolute Gasteiger partial charge is 0.463 e. The van der Waals surface area contributed by atoms with Gasteiger partial charge in [-0.2, -0.15) is 0 Å². The average Bonchev–Trinajstić information content (AvgIpc) is 2.84. The molecule has 0 saturated heterocycles. The van der Waals surface area contributed by atoms with Crippen molar-refractivity contribution < 1.29 is 22.7 Å². The van der Waals surface area contributed by atoms with Gasteiger partial charge in [0, 0.05) is 0 Å². The molecule has 1 atom stereocenters. The van der Waals surface area contributed by atoms with Crippen molar-refractivity contribution in [3.63, 3.8) is 0 Å². The van der Waals surface area contributed by atoms with E-state index < -0.39 is 27.8 Å². The number of nitrogens with zero attached hydrogens (tertiary/aromatic N) is 1. The first-order valence-corrected chi connectivity index (χ1v) is 9.78. The normalized spacial score (nSPS) is 16.2. The third-order valence-corrected chi connectivity index (χ3v) is 6.19. The van der Waals surface area contributed by atoms with Crippen molar-refractivity contribution in [1.82, 2.24) is 4.31 Å². The predicted octanol–water partition coefficient (Wildman–Crippen LogP) is 2.57. The van der Waals surface area contributed by atoms with Gasteiger partial charge in [0.05, 0.1) is 18.0 Å². The maximum atomic E-state index is 12.4. The lowest BCUT2D eigenvalue weighted by Gasteiger charge is -2.17. The van der Waals surface area contributed by atoms with Crippen LogP contribution in [0.3, 0.4) is 0 Å². The van der Waals surface area contributed by atoms with E-state index in [2.05, 4.69) is 0 Å². The Morgan fingerprint density at radius 2 is 1.73 bits per heavy atom. The van der Waals surface area contributed by atoms with Gasteiger partial charge in [0.2, 0.25) is 0 Å². The molecule has 0 N–H and O–H groups in total. The van der Waals surface area contributed by atoms with Gasteiger partial charge in [-0.1, -0.05) is 49.4 Å². The summed E-state index contributed by atoms with van der Waals surface area (Å²) < 4.78 is 30.9. The Kier molecular flexibility index (Phi) is 5.08. The molecule has 2 aromatic carbocycles. The van der Waals surface area contributed by atoms with Crippen LogP contribution in [0.25, 0.3) is 0 Å². The van der Waals surface area contributed by atoms with Gasteiger partial charge in [-0.15, -0.1) is 0 Å². The molecule has 1 amide bonds. The van der Waals surface area contributed by atoms with Crippen LogP contribution >= 0.6 is 0 Å². The Hall–Kier alpha value is -2.67. The molecule has 0 spiro atoms. The van der Waals surface area contributed by atoms with Gasteiger partial charge in [-0.05, 0) is 24.1 Å². The van der Waals surface area contributed by atoms with Crippen LogP contribution in [-0.2, 0) is 19.6 Å². The fourth-order valence-corrected chi connectivity index (χ4v) is 4.56. The summed E-state index contributed by atoms with van der Waals surface area (Å²) in [7, 11) is -3.88. The molecule has 136 valence electrons. The summed E-state index contributed by atoms with van der Waals surface area (Å²) >= 11 is 0. The summed E-state index contributed by atoms with van der Waals surface area (Å²) in [6.07, 6.45) is 0.565. The smallest absolute Gasteiger partial charge is 0.313 e. The molecule has 7 heteroatoms. The number of fused-ring (bicyclic) bond motifs is 1. The Morgan fingerprint density at radius 3 is 2.38 bits per heavy atom. The van der Waals surface area contributed by atoms with Gasteiger partial charge >= 0.3 is 5.97 Å². The molecule has 0 saturated carbocycles. The molecule has 1 aliphatic heterocycles. The fourth-order valence-electron chi connectivity index (χ4n) is 3.01. The molecule has 0 radical (unpaired) electrons. The number of hydrogen-bond donors (Lipinski definition) is 0. The van der Waals surface area contributed by atoms with E-state index in [0.29, 0.717) is 6.42 Å². The minimum absolute atomic E-state index is 0.00736. The number of benzene rings is 2. The molecule has 2 aromatic rings. The van der Waals surface area contributed by atoms with Crippen LogP contribution in [0.15, 0.2) is 59.5 Å². The van der Waals surface area contributed by atoms with Crippen molar-refractivity contribution in [2.75, 3.05) is 13.2 Å². The van der Waals surface area contributed by atoms with Gasteiger partial charge in [-0.25, -0.2) is 12.7 Å². The zero-order chi connectivity index (χ0) is 18.7. The van der Waals surface area contributed by atoms with Crippen molar-refractivity contribution in [3.05, 3.63) is 65.7 Å². The van der Waals surface area contributed by atoms with E-state index in [-0.39, 0.29) is 23.6 Å². The average molecular weight is 373 g/mol. The van der Waals surface area contributed by atoms with Gasteiger partial charge in [-0.3, -0.25) is 9.59 Å². The molecular formula is C19H19NO5S. The number of ether oxygens (including phenoxy) is 1. The standard InChI is InChI=1S/C19H19NO5S/c1-2-15(14-8-4-3-5-9-14)19(22)25-13-12-20-18(21)16-10-6-7-11-17(16)26(20,23)24/h3-11,15H,2,12-13H2,1H3/t15-/m0/s1. The number of hydrogen-bond acceptors (Lipinski definition) is 5. The number of carbonyl (C=O) groups excluding carboxylic acids is 2. The molecule has 26 heavy (non-hydrogen) atoms. The summed E-state index contributed by atoms with van der Waals surface area (Å²) in [5.41, 5.74) is 0.992. The zero-order valence-electron chi connectivity index (χ0n) is 14.3. The maximum Gasteiger partial charge on any atom is 0.313 e. The van der Waals surface area contributed by atoms with E-state index in [4.69, 9.17) is 4.74 Å². The topological polar surface area (TPSA) is 80.8 Å². The predicted molar refractivity (Wildman–Crippen MR) is 95.1 cm³/mol. The lowest BCUT2D eigenvalue weighted by atomic mass is 9.97. The number of amides is 1. The Morgan fingerprint density at radius 1 is 1.08 bits per heavy atom. The molecule has 0 aromatic heterocycles. The van der Waals surface area contributed by atoms with Crippen molar-refractivity contribution in [3.8, 4) is 0 Å². The summed E-state index contributed by atoms with van der Waals surface area (Å²) in [4.78, 5) is 24.6. The van der Waals surface area contributed by atoms with E-state index in [1.165, 1.54) is 12.1 Å². The van der Waals surface area contributed by atoms with Crippen molar-refractivity contribution in [1.29, 1.82) is 0 Å². The first-order valence-electron chi connectivity index (χ1n) is 8.34. The molecule has 3 rings (SSSR count). The van der Waals surface area contributed by atoms with Crippen molar-refractivity contribution >= 4 is 21.9 Å². The second-order valence-corrected chi connectivity index (χ2v) is 7.75. The summed E-state index contributed by atoms with van der Waals surface area (Å²) in [5, 5.41) is 0. The molecule has 0 bridgehead atoms. The molecule has 1 heterocycles. The van der Waals surface area contributed by atoms with Gasteiger partial charge in [0.25, 0.3) is 15.9 Å². The highest BCUT2D eigenvalue weighted by molar-refractivity contribution is 7.90. The number of esters is 1. The number of sulfonamides is 1. The first kappa shape index (κ1) is 18.1. The fraction of sp³-hybridized carbons (Fsp3) is 0.263. The van der Waals surface area contributed by atoms with Crippen LogP contribution < -0.4 is 0 Å². The summed E-state index contributed by atoms with van der Waals surface area (Å²) in [6, 6.07) is 15.3. The Bertz CT molecular complexity index is 924. The quantitative estimate of drug-likeness (QED) is 0.727. The van der Waals surface area contributed by atoms with Crippen molar-refractivity contribution in [2.24, 2.45) is 0 Å². The van der Waals surface area contributed by atoms with E-state index in [0.717, 1.165) is 9.87 Å². The SMILES string of the molecule is CC[C@H](C(=O)OCCN1C(=O)c2ccccc2S1(=O)=O)c1ccccc1. The van der Waals surface area contributed by atoms with Gasteiger partial charge in [0.1, 0.15) is 11.5 Å². The van der Waals surface area contributed by atoms with E-state index in [9.17, 15) is 18.0 Å². The molecular weight excluding hydrogens is 354 g/mol. The lowest BCUT2D eigenvalue weighted by molar-refractivity contribution is -0.145. The van der Waals surface area contributed by atoms with Gasteiger partial charge < -0.3 is 4.74 Å². The maximum absolute atomic E-state index is 12.4. The summed E-state index contributed by atoms with van der Waals surface area (Å²) in [5.74, 6) is -1.44. The highest BCUT2D eigenvalue weighted by Crippen LogP contribution is 2.29. The number of carbonyl (C=O) groups is 2. The Labute approximate surface area is 152 Å². The van der Waals surface area contributed by atoms with Crippen LogP contribution in [0.1, 0.15) is 35.2 Å². The monoisotopic (exact) mass is 373 g/mol. The van der Waals surface area contributed by atoms with E-state index >= 15 is 0 Å². The molecule has 0 fully saturated rings. The first-order chi connectivity index (χ1) is 12.5. The number of rotatable bonds is 6. The molecule has 0 aliphatic carbocycles. The van der Waals surface area contributed by atoms with Crippen LogP contribution in [0.4, 0.5) is 0 Å². The molecule has 1 aliphatic rings. The Balaban J connectivity index is 1.65. The van der Waals surface area contributed by atoms with Crippen LogP contribution in [-0.4, -0.2) is 37.8 Å². The van der Waals surface area contributed by atoms with E-state index in [1.807, 2.05) is 37.3 Å². The third kappa shape index (κ3) is 3.22. The minimum Gasteiger partial charge on any atom is -0.463 e. The highest BCUT2D eigenvalue weighted by Gasteiger charge is 2.40. The summed E-state index contributed by atoms with van der Waals surface area (Å²) in [6.45, 7) is 1.50. The van der Waals surface area contributed by atoms with Gasteiger partial charge in [0.15, 0.2) is 0 Å². The van der Waals surface area contributed by atoms with Crippen LogP contribution in [0.2, 0.25) is 0 Å². The minimum atomic E-state index is -3.88. The second kappa shape index (κ2) is 7.29. The van der Waals surface area contributed by atoms with Crippen LogP contribution in [0.5, 0.6) is 0 Å².